The molecule has 2 heteroatoms. The number of hydrogen-bond donors (Lipinski definition) is 1. The van der Waals surface area contributed by atoms with Crippen LogP contribution in [0.2, 0.25) is 0 Å². The van der Waals surface area contributed by atoms with Gasteiger partial charge in [0.15, 0.2) is 0 Å². The largest absolute Gasteiger partial charge is 0.375 e. The molecular weight excluding hydrogens is 246 g/mol. The average molecular weight is 276 g/mol. The zero-order valence-electron chi connectivity index (χ0n) is 13.3. The number of aryl methyl sites for hydroxylation is 1. The SMILES string of the molecule is CC[C@]1(C)C[C@H]([C@@H](CC[NH3+])c2ccc(C)cc2)CCO1. The number of rotatable bonds is 5. The Morgan fingerprint density at radius 1 is 1.35 bits per heavy atom. The molecule has 1 fully saturated rings. The van der Waals surface area contributed by atoms with Gasteiger partial charge in [-0.05, 0) is 50.5 Å². The van der Waals surface area contributed by atoms with Gasteiger partial charge in [0.25, 0.3) is 0 Å². The minimum absolute atomic E-state index is 0.0764. The Morgan fingerprint density at radius 3 is 2.65 bits per heavy atom. The Labute approximate surface area is 123 Å². The molecule has 1 aromatic carbocycles. The molecule has 0 aliphatic carbocycles. The average Bonchev–Trinajstić information content (AvgIpc) is 2.46. The van der Waals surface area contributed by atoms with Gasteiger partial charge in [-0.3, -0.25) is 0 Å². The van der Waals surface area contributed by atoms with Gasteiger partial charge >= 0.3 is 0 Å². The fraction of sp³-hybridized carbons (Fsp3) is 0.667. The summed E-state index contributed by atoms with van der Waals surface area (Å²) in [4.78, 5) is 0. The third-order valence-corrected chi connectivity index (χ3v) is 4.97. The van der Waals surface area contributed by atoms with Gasteiger partial charge in [0.05, 0.1) is 12.1 Å². The molecule has 1 aliphatic heterocycles. The Morgan fingerprint density at radius 2 is 2.05 bits per heavy atom. The lowest BCUT2D eigenvalue weighted by atomic mass is 9.74. The summed E-state index contributed by atoms with van der Waals surface area (Å²) >= 11 is 0. The molecule has 1 aromatic rings. The quantitative estimate of drug-likeness (QED) is 0.880. The van der Waals surface area contributed by atoms with Gasteiger partial charge in [0.1, 0.15) is 0 Å². The molecule has 0 aromatic heterocycles. The molecule has 0 unspecified atom stereocenters. The van der Waals surface area contributed by atoms with Crippen LogP contribution in [0.3, 0.4) is 0 Å². The highest BCUT2D eigenvalue weighted by Crippen LogP contribution is 2.41. The van der Waals surface area contributed by atoms with Crippen molar-refractivity contribution in [2.24, 2.45) is 5.92 Å². The molecule has 0 amide bonds. The van der Waals surface area contributed by atoms with Crippen LogP contribution in [0.15, 0.2) is 24.3 Å². The molecule has 0 radical (unpaired) electrons. The lowest BCUT2D eigenvalue weighted by molar-refractivity contribution is -0.369. The van der Waals surface area contributed by atoms with E-state index in [1.807, 2.05) is 0 Å². The molecule has 1 saturated heterocycles. The van der Waals surface area contributed by atoms with E-state index in [0.717, 1.165) is 25.5 Å². The first-order valence-corrected chi connectivity index (χ1v) is 8.08. The summed E-state index contributed by atoms with van der Waals surface area (Å²) in [5.74, 6) is 1.38. The van der Waals surface area contributed by atoms with Crippen LogP contribution < -0.4 is 5.73 Å². The first kappa shape index (κ1) is 15.5. The lowest BCUT2D eigenvalue weighted by Crippen LogP contribution is -2.51. The highest BCUT2D eigenvalue weighted by atomic mass is 16.5. The molecule has 2 nitrogen and oxygen atoms in total. The second-order valence-electron chi connectivity index (χ2n) is 6.56. The summed E-state index contributed by atoms with van der Waals surface area (Å²) in [6.07, 6.45) is 4.66. The standard InChI is InChI=1S/C18H29NO/c1-4-18(3)13-16(10-12-20-18)17(9-11-19)15-7-5-14(2)6-8-15/h5-8,16-17H,4,9-13,19H2,1-3H3/p+1/t16-,17+,18-/m1/s1. The minimum Gasteiger partial charge on any atom is -0.375 e. The van der Waals surface area contributed by atoms with Crippen molar-refractivity contribution < 1.29 is 10.5 Å². The van der Waals surface area contributed by atoms with Crippen molar-refractivity contribution in [3.05, 3.63) is 35.4 Å². The molecule has 1 heterocycles. The summed E-state index contributed by atoms with van der Waals surface area (Å²) in [6.45, 7) is 8.59. The number of hydrogen-bond acceptors (Lipinski definition) is 1. The molecule has 2 rings (SSSR count). The Bertz CT molecular complexity index is 414. The van der Waals surface area contributed by atoms with E-state index in [-0.39, 0.29) is 5.60 Å². The lowest BCUT2D eigenvalue weighted by Gasteiger charge is -2.41. The molecule has 3 atom stereocenters. The predicted octanol–water partition coefficient (Wildman–Crippen LogP) is 3.31. The third-order valence-electron chi connectivity index (χ3n) is 4.97. The summed E-state index contributed by atoms with van der Waals surface area (Å²) in [5, 5.41) is 0. The molecule has 1 aliphatic rings. The van der Waals surface area contributed by atoms with Crippen LogP contribution in [0.5, 0.6) is 0 Å². The summed E-state index contributed by atoms with van der Waals surface area (Å²) in [5.41, 5.74) is 7.00. The smallest absolute Gasteiger partial charge is 0.0745 e. The van der Waals surface area contributed by atoms with Crippen LogP contribution in [-0.4, -0.2) is 18.8 Å². The monoisotopic (exact) mass is 276 g/mol. The highest BCUT2D eigenvalue weighted by molar-refractivity contribution is 5.25. The molecule has 112 valence electrons. The van der Waals surface area contributed by atoms with Crippen LogP contribution in [-0.2, 0) is 4.74 Å². The van der Waals surface area contributed by atoms with E-state index in [0.29, 0.717) is 5.92 Å². The topological polar surface area (TPSA) is 36.9 Å². The maximum absolute atomic E-state index is 6.01. The van der Waals surface area contributed by atoms with Crippen molar-refractivity contribution in [3.8, 4) is 0 Å². The maximum atomic E-state index is 6.01. The zero-order valence-corrected chi connectivity index (χ0v) is 13.3. The van der Waals surface area contributed by atoms with E-state index in [1.165, 1.54) is 30.4 Å². The molecular formula is C18H30NO+. The second-order valence-corrected chi connectivity index (χ2v) is 6.56. The fourth-order valence-electron chi connectivity index (χ4n) is 3.47. The van der Waals surface area contributed by atoms with Gasteiger partial charge in [-0.1, -0.05) is 36.8 Å². The highest BCUT2D eigenvalue weighted by Gasteiger charge is 2.35. The van der Waals surface area contributed by atoms with Gasteiger partial charge in [-0.25, -0.2) is 0 Å². The van der Waals surface area contributed by atoms with E-state index >= 15 is 0 Å². The first-order valence-electron chi connectivity index (χ1n) is 8.08. The zero-order chi connectivity index (χ0) is 14.6. The summed E-state index contributed by atoms with van der Waals surface area (Å²) < 4.78 is 6.01. The van der Waals surface area contributed by atoms with Gasteiger partial charge in [-0.15, -0.1) is 0 Å². The Hall–Kier alpha value is -0.860. The molecule has 3 N–H and O–H groups in total. The van der Waals surface area contributed by atoms with E-state index in [4.69, 9.17) is 4.74 Å². The first-order chi connectivity index (χ1) is 9.58. The van der Waals surface area contributed by atoms with Crippen molar-refractivity contribution in [3.63, 3.8) is 0 Å². The van der Waals surface area contributed by atoms with Crippen LogP contribution in [0.1, 0.15) is 56.6 Å². The van der Waals surface area contributed by atoms with Gasteiger partial charge in [0, 0.05) is 13.0 Å². The Kier molecular flexibility index (Phi) is 5.22. The number of quaternary nitrogens is 1. The van der Waals surface area contributed by atoms with Gasteiger partial charge < -0.3 is 10.5 Å². The van der Waals surface area contributed by atoms with E-state index in [2.05, 4.69) is 50.8 Å². The van der Waals surface area contributed by atoms with E-state index < -0.39 is 0 Å². The maximum Gasteiger partial charge on any atom is 0.0745 e. The number of ether oxygens (including phenoxy) is 1. The van der Waals surface area contributed by atoms with Gasteiger partial charge in [0.2, 0.25) is 0 Å². The van der Waals surface area contributed by atoms with Crippen molar-refractivity contribution in [2.75, 3.05) is 13.2 Å². The van der Waals surface area contributed by atoms with E-state index in [9.17, 15) is 0 Å². The normalized spacial score (nSPS) is 28.3. The number of benzene rings is 1. The molecule has 20 heavy (non-hydrogen) atoms. The van der Waals surface area contributed by atoms with Crippen molar-refractivity contribution >= 4 is 0 Å². The second kappa shape index (κ2) is 6.73. The summed E-state index contributed by atoms with van der Waals surface area (Å²) in [7, 11) is 0. The van der Waals surface area contributed by atoms with Crippen LogP contribution in [0, 0.1) is 12.8 Å². The van der Waals surface area contributed by atoms with Gasteiger partial charge in [-0.2, -0.15) is 0 Å². The van der Waals surface area contributed by atoms with Crippen LogP contribution >= 0.6 is 0 Å². The minimum atomic E-state index is 0.0764. The van der Waals surface area contributed by atoms with Crippen LogP contribution in [0.4, 0.5) is 0 Å². The van der Waals surface area contributed by atoms with Crippen molar-refractivity contribution in [1.82, 2.24) is 0 Å². The molecule has 0 bridgehead atoms. The van der Waals surface area contributed by atoms with Crippen molar-refractivity contribution in [1.29, 1.82) is 0 Å². The summed E-state index contributed by atoms with van der Waals surface area (Å²) in [6, 6.07) is 9.11. The third kappa shape index (κ3) is 3.62. The molecule has 0 spiro atoms. The predicted molar refractivity (Wildman–Crippen MR) is 83.7 cm³/mol. The van der Waals surface area contributed by atoms with E-state index in [1.54, 1.807) is 0 Å². The van der Waals surface area contributed by atoms with Crippen LogP contribution in [0.25, 0.3) is 0 Å². The van der Waals surface area contributed by atoms with Crippen molar-refractivity contribution in [2.45, 2.75) is 58.0 Å². The fourth-order valence-corrected chi connectivity index (χ4v) is 3.47. The molecule has 0 saturated carbocycles. The Balaban J connectivity index is 2.17.